The van der Waals surface area contributed by atoms with Crippen LogP contribution in [0.15, 0.2) is 48.7 Å². The van der Waals surface area contributed by atoms with E-state index in [-0.39, 0.29) is 49.2 Å². The molecule has 4 aromatic rings. The van der Waals surface area contributed by atoms with E-state index in [1.165, 1.54) is 0 Å². The number of hydrogen-bond donors (Lipinski definition) is 2. The lowest BCUT2D eigenvalue weighted by atomic mass is 9.79. The van der Waals surface area contributed by atoms with Crippen LogP contribution in [0.2, 0.25) is 0 Å². The van der Waals surface area contributed by atoms with Gasteiger partial charge in [-0.05, 0) is 93.2 Å². The van der Waals surface area contributed by atoms with Gasteiger partial charge in [0.15, 0.2) is 0 Å². The highest BCUT2D eigenvalue weighted by atomic mass is 19.3. The van der Waals surface area contributed by atoms with E-state index < -0.39 is 42.1 Å². The summed E-state index contributed by atoms with van der Waals surface area (Å²) in [6.45, 7) is 4.27. The van der Waals surface area contributed by atoms with Gasteiger partial charge in [0.25, 0.3) is 18.2 Å². The number of carbonyl (C=O) groups is 5. The summed E-state index contributed by atoms with van der Waals surface area (Å²) in [5, 5.41) is 3.35. The first-order chi connectivity index (χ1) is 30.0. The van der Waals surface area contributed by atoms with Gasteiger partial charge in [-0.3, -0.25) is 49.0 Å². The molecule has 10 rings (SSSR count). The van der Waals surface area contributed by atoms with Crippen molar-refractivity contribution in [3.63, 3.8) is 0 Å². The lowest BCUT2D eigenvalue weighted by Crippen LogP contribution is -2.54. The van der Waals surface area contributed by atoms with Crippen molar-refractivity contribution < 1.29 is 37.5 Å². The highest BCUT2D eigenvalue weighted by Gasteiger charge is 2.46. The van der Waals surface area contributed by atoms with Crippen LogP contribution in [0.5, 0.6) is 5.75 Å². The topological polar surface area (TPSA) is 148 Å². The van der Waals surface area contributed by atoms with E-state index in [1.807, 2.05) is 47.2 Å². The first kappa shape index (κ1) is 40.5. The Morgan fingerprint density at radius 1 is 0.919 bits per heavy atom. The highest BCUT2D eigenvalue weighted by Crippen LogP contribution is 2.45. The van der Waals surface area contributed by atoms with E-state index >= 15 is 0 Å². The fraction of sp³-hybridized carbons (Fsp3) is 0.489. The highest BCUT2D eigenvalue weighted by molar-refractivity contribution is 6.23. The molecule has 5 aliphatic heterocycles. The van der Waals surface area contributed by atoms with E-state index in [0.717, 1.165) is 88.0 Å². The Bertz CT molecular complexity index is 2450. The number of imide groups is 2. The molecule has 0 radical (unpaired) electrons. The van der Waals surface area contributed by atoms with Crippen LogP contribution in [0.4, 0.5) is 8.78 Å². The van der Waals surface area contributed by atoms with E-state index in [1.54, 1.807) is 19.2 Å². The van der Waals surface area contributed by atoms with E-state index in [4.69, 9.17) is 9.72 Å². The number of alkyl halides is 2. The van der Waals surface area contributed by atoms with Gasteiger partial charge in [-0.25, -0.2) is 8.78 Å². The molecular weight excluding hydrogens is 797 g/mol. The Morgan fingerprint density at radius 2 is 1.61 bits per heavy atom. The number of aromatic nitrogens is 2. The number of halogens is 2. The minimum Gasteiger partial charge on any atom is -0.496 e. The molecule has 2 N–H and O–H groups in total. The summed E-state index contributed by atoms with van der Waals surface area (Å²) in [5.74, 6) is -1.07. The maximum Gasteiger partial charge on any atom is 0.262 e. The first-order valence-corrected chi connectivity index (χ1v) is 22.0. The lowest BCUT2D eigenvalue weighted by molar-refractivity contribution is -0.138. The predicted octanol–water partition coefficient (Wildman–Crippen LogP) is 5.85. The molecule has 0 spiro atoms. The normalized spacial score (nSPS) is 26.0. The molecular formula is C47H51F2N7O6. The summed E-state index contributed by atoms with van der Waals surface area (Å²) in [4.78, 5) is 80.6. The van der Waals surface area contributed by atoms with Gasteiger partial charge in [0.1, 0.15) is 11.8 Å². The fourth-order valence-electron chi connectivity index (χ4n) is 11.4. The van der Waals surface area contributed by atoms with Crippen LogP contribution in [0.25, 0.3) is 10.9 Å². The number of carbonyl (C=O) groups excluding carboxylic acids is 5. The smallest absolute Gasteiger partial charge is 0.262 e. The number of likely N-dealkylation sites (tertiary alicyclic amines) is 1. The average Bonchev–Trinajstić information content (AvgIpc) is 3.94. The molecule has 5 amide bonds. The van der Waals surface area contributed by atoms with Crippen molar-refractivity contribution in [2.75, 3.05) is 26.7 Å². The molecule has 324 valence electrons. The third kappa shape index (κ3) is 6.97. The van der Waals surface area contributed by atoms with Gasteiger partial charge in [0, 0.05) is 96.6 Å². The number of benzene rings is 2. The molecule has 2 aromatic carbocycles. The number of amides is 5. The largest absolute Gasteiger partial charge is 0.496 e. The second-order valence-electron chi connectivity index (χ2n) is 18.1. The maximum atomic E-state index is 14.0. The van der Waals surface area contributed by atoms with E-state index in [0.29, 0.717) is 49.5 Å². The van der Waals surface area contributed by atoms with Crippen LogP contribution in [0.1, 0.15) is 125 Å². The Kier molecular flexibility index (Phi) is 10.4. The van der Waals surface area contributed by atoms with Crippen LogP contribution in [-0.4, -0.2) is 110 Å². The minimum atomic E-state index is -2.50. The number of nitrogens with zero attached hydrogens (tertiary/aromatic N) is 5. The van der Waals surface area contributed by atoms with Gasteiger partial charge < -0.3 is 14.6 Å². The average molecular weight is 848 g/mol. The van der Waals surface area contributed by atoms with Crippen molar-refractivity contribution in [2.45, 2.75) is 114 Å². The molecule has 2 saturated heterocycles. The van der Waals surface area contributed by atoms with Crippen molar-refractivity contribution in [1.29, 1.82) is 0 Å². The van der Waals surface area contributed by atoms with E-state index in [2.05, 4.69) is 21.3 Å². The number of fused-ring (bicyclic) bond motifs is 5. The SMILES string of the molecule is COc1cc(C2CCC(C(=O)N3CCC(N4Cc5cc6c(cc5C4)C(=O)N(C4CCC(=O)NC4=O)C6=O)CC3)CC2)ncc1[C@@H]1c2[nH]c3ccccc3c2C[C@@H](C)N1CC(F)F. The zero-order chi connectivity index (χ0) is 43.0. The molecule has 62 heavy (non-hydrogen) atoms. The number of methoxy groups -OCH3 is 1. The van der Waals surface area contributed by atoms with Crippen molar-refractivity contribution >= 4 is 40.4 Å². The number of para-hydroxylation sites is 1. The number of aromatic amines is 1. The summed E-state index contributed by atoms with van der Waals surface area (Å²) < 4.78 is 34.1. The van der Waals surface area contributed by atoms with Crippen LogP contribution in [0.3, 0.4) is 0 Å². The molecule has 1 saturated carbocycles. The molecule has 1 aliphatic carbocycles. The summed E-state index contributed by atoms with van der Waals surface area (Å²) in [6, 6.07) is 12.3. The van der Waals surface area contributed by atoms with Crippen LogP contribution < -0.4 is 10.1 Å². The third-order valence-corrected chi connectivity index (χ3v) is 14.6. The second-order valence-corrected chi connectivity index (χ2v) is 18.1. The maximum absolute atomic E-state index is 14.0. The summed E-state index contributed by atoms with van der Waals surface area (Å²) in [5.41, 5.74) is 7.29. The van der Waals surface area contributed by atoms with Crippen molar-refractivity contribution in [1.82, 2.24) is 34.9 Å². The number of pyridine rings is 1. The minimum absolute atomic E-state index is 0.0516. The number of H-pyrrole nitrogens is 1. The van der Waals surface area contributed by atoms with Gasteiger partial charge in [-0.2, -0.15) is 0 Å². The molecule has 3 fully saturated rings. The number of rotatable bonds is 8. The predicted molar refractivity (Wildman–Crippen MR) is 223 cm³/mol. The fourth-order valence-corrected chi connectivity index (χ4v) is 11.4. The second kappa shape index (κ2) is 16.0. The van der Waals surface area contributed by atoms with Gasteiger partial charge in [-0.1, -0.05) is 18.2 Å². The molecule has 15 heteroatoms. The Labute approximate surface area is 358 Å². The molecule has 0 bridgehead atoms. The first-order valence-electron chi connectivity index (χ1n) is 22.0. The molecule has 3 atom stereocenters. The number of piperidine rings is 2. The van der Waals surface area contributed by atoms with Gasteiger partial charge in [0.2, 0.25) is 17.7 Å². The standard InChI is InChI=1S/C47H51F2N7O6/c1-25-17-32-31-5-3-4-6-36(31)51-42(32)43(55(25)24-40(48)49)35-21-50-37(20-39(35)62-2)26-7-9-27(10-8-26)45(59)53-15-13-30(14-16-53)54-22-28-18-33-34(19-29(28)23-54)47(61)56(46(33)60)38-11-12-41(57)52-44(38)58/h3-6,18-21,25-27,30,38,40,43,51H,7-17,22-24H2,1-2H3,(H,52,57,58)/t25-,26?,27?,38?,43-/m1/s1. The summed E-state index contributed by atoms with van der Waals surface area (Å²) in [7, 11) is 1.62. The summed E-state index contributed by atoms with van der Waals surface area (Å²) >= 11 is 0. The molecule has 13 nitrogen and oxygen atoms in total. The number of nitrogens with one attached hydrogen (secondary N) is 2. The Morgan fingerprint density at radius 3 is 2.27 bits per heavy atom. The van der Waals surface area contributed by atoms with Gasteiger partial charge in [0.05, 0.1) is 30.8 Å². The van der Waals surface area contributed by atoms with Crippen molar-refractivity contribution in [2.24, 2.45) is 5.92 Å². The number of hydrogen-bond acceptors (Lipinski definition) is 9. The molecule has 2 aromatic heterocycles. The quantitative estimate of drug-likeness (QED) is 0.208. The van der Waals surface area contributed by atoms with Crippen LogP contribution in [-0.2, 0) is 33.9 Å². The molecule has 1 unspecified atom stereocenters. The zero-order valence-electron chi connectivity index (χ0n) is 35.0. The number of ether oxygens (including phenoxy) is 1. The summed E-state index contributed by atoms with van der Waals surface area (Å²) in [6.07, 6.45) is 5.02. The van der Waals surface area contributed by atoms with Crippen LogP contribution in [0, 0.1) is 5.92 Å². The van der Waals surface area contributed by atoms with Crippen LogP contribution >= 0.6 is 0 Å². The Balaban J connectivity index is 0.755. The van der Waals surface area contributed by atoms with Gasteiger partial charge >= 0.3 is 0 Å². The van der Waals surface area contributed by atoms with Crippen molar-refractivity contribution in [3.8, 4) is 5.75 Å². The van der Waals surface area contributed by atoms with Gasteiger partial charge in [-0.15, -0.1) is 0 Å². The van der Waals surface area contributed by atoms with E-state index in [9.17, 15) is 32.8 Å². The zero-order valence-corrected chi connectivity index (χ0v) is 35.0. The van der Waals surface area contributed by atoms with Crippen molar-refractivity contribution in [3.05, 3.63) is 93.4 Å². The third-order valence-electron chi connectivity index (χ3n) is 14.6. The molecule has 6 aliphatic rings. The Hall–Kier alpha value is -5.54. The monoisotopic (exact) mass is 847 g/mol. The molecule has 7 heterocycles. The lowest BCUT2D eigenvalue weighted by Gasteiger charge is -2.41.